The first kappa shape index (κ1) is 27.9. The van der Waals surface area contributed by atoms with Crippen LogP contribution in [-0.4, -0.2) is 52.2 Å². The van der Waals surface area contributed by atoms with Crippen molar-refractivity contribution in [2.45, 2.75) is 19.1 Å². The summed E-state index contributed by atoms with van der Waals surface area (Å²) in [5, 5.41) is -0.875. The number of methoxy groups -OCH3 is 5. The Kier molecular flexibility index (Phi) is 8.38. The summed E-state index contributed by atoms with van der Waals surface area (Å²) in [6, 6.07) is 4.80. The van der Waals surface area contributed by atoms with Crippen molar-refractivity contribution < 1.29 is 38.1 Å². The number of carbonyl (C=O) groups is 3. The highest BCUT2D eigenvalue weighted by molar-refractivity contribution is 8.14. The Balaban J connectivity index is 2.22. The van der Waals surface area contributed by atoms with Gasteiger partial charge < -0.3 is 23.7 Å². The number of ether oxygens (including phenoxy) is 5. The second-order valence-corrected chi connectivity index (χ2v) is 9.82. The lowest BCUT2D eigenvalue weighted by molar-refractivity contribution is 0.0988. The molecule has 1 unspecified atom stereocenters. The summed E-state index contributed by atoms with van der Waals surface area (Å²) >= 11 is 1.02. The Hall–Kier alpha value is -3.72. The summed E-state index contributed by atoms with van der Waals surface area (Å²) < 4.78 is 27.4. The number of carbonyl (C=O) groups excluding carboxylic acids is 3. The Morgan fingerprint density at radius 3 is 1.78 bits per heavy atom. The molecule has 2 aromatic rings. The summed E-state index contributed by atoms with van der Waals surface area (Å²) in [7, 11) is 7.27. The van der Waals surface area contributed by atoms with E-state index in [0.29, 0.717) is 28.4 Å². The predicted octanol–water partition coefficient (Wildman–Crippen LogP) is 5.49. The van der Waals surface area contributed by atoms with Gasteiger partial charge in [0.05, 0.1) is 46.7 Å². The normalized spacial score (nSPS) is 13.5. The predicted molar refractivity (Wildman–Crippen MR) is 142 cm³/mol. The van der Waals surface area contributed by atoms with Crippen LogP contribution in [0, 0.1) is 5.41 Å². The average Bonchev–Trinajstić information content (AvgIpc) is 2.91. The zero-order valence-corrected chi connectivity index (χ0v) is 22.7. The smallest absolute Gasteiger partial charge is 0.220 e. The van der Waals surface area contributed by atoms with Gasteiger partial charge in [0, 0.05) is 16.4 Å². The van der Waals surface area contributed by atoms with E-state index < -0.39 is 10.7 Å². The van der Waals surface area contributed by atoms with Gasteiger partial charge in [-0.15, -0.1) is 6.58 Å². The number of fused-ring (bicyclic) bond motifs is 1. The van der Waals surface area contributed by atoms with Gasteiger partial charge >= 0.3 is 0 Å². The van der Waals surface area contributed by atoms with E-state index in [-0.39, 0.29) is 39.3 Å². The lowest BCUT2D eigenvalue weighted by atomic mass is 9.82. The molecule has 37 heavy (non-hydrogen) atoms. The minimum absolute atomic E-state index is 0.107. The molecular formula is C28H30O8S. The van der Waals surface area contributed by atoms with E-state index >= 15 is 0 Å². The first-order valence-corrected chi connectivity index (χ1v) is 12.2. The van der Waals surface area contributed by atoms with Gasteiger partial charge in [-0.05, 0) is 35.8 Å². The number of allylic oxidation sites excluding steroid dienone is 3. The van der Waals surface area contributed by atoms with Gasteiger partial charge in [-0.2, -0.15) is 0 Å². The molecule has 0 aromatic heterocycles. The summed E-state index contributed by atoms with van der Waals surface area (Å²) in [6.07, 6.45) is 4.14. The van der Waals surface area contributed by atoms with Crippen molar-refractivity contribution in [1.29, 1.82) is 0 Å². The molecule has 0 spiro atoms. The van der Waals surface area contributed by atoms with Crippen LogP contribution in [0.4, 0.5) is 0 Å². The van der Waals surface area contributed by atoms with Crippen LogP contribution < -0.4 is 23.7 Å². The van der Waals surface area contributed by atoms with Gasteiger partial charge in [0.25, 0.3) is 0 Å². The van der Waals surface area contributed by atoms with Crippen LogP contribution in [0.25, 0.3) is 0 Å². The molecule has 0 amide bonds. The second kappa shape index (κ2) is 11.1. The first-order valence-electron chi connectivity index (χ1n) is 11.3. The summed E-state index contributed by atoms with van der Waals surface area (Å²) in [5.74, 6) is 0.734. The summed E-state index contributed by atoms with van der Waals surface area (Å²) in [4.78, 5) is 39.2. The van der Waals surface area contributed by atoms with E-state index in [1.807, 2.05) is 13.8 Å². The minimum Gasteiger partial charge on any atom is -0.496 e. The third-order valence-corrected chi connectivity index (χ3v) is 7.73. The van der Waals surface area contributed by atoms with Crippen LogP contribution >= 0.6 is 11.8 Å². The number of rotatable bonds is 10. The van der Waals surface area contributed by atoms with Crippen LogP contribution in [0.1, 0.15) is 55.7 Å². The fourth-order valence-corrected chi connectivity index (χ4v) is 5.30. The third kappa shape index (κ3) is 5.09. The fourth-order valence-electron chi connectivity index (χ4n) is 4.13. The van der Waals surface area contributed by atoms with Crippen LogP contribution in [-0.2, 0) is 0 Å². The molecule has 0 fully saturated rings. The Morgan fingerprint density at radius 2 is 1.32 bits per heavy atom. The highest BCUT2D eigenvalue weighted by atomic mass is 32.2. The Bertz CT molecular complexity index is 1270. The van der Waals surface area contributed by atoms with E-state index in [1.54, 1.807) is 24.3 Å². The molecule has 0 N–H and O–H groups in total. The quantitative estimate of drug-likeness (QED) is 0.372. The molecule has 3 rings (SSSR count). The van der Waals surface area contributed by atoms with Crippen LogP contribution in [0.15, 0.2) is 43.0 Å². The van der Waals surface area contributed by atoms with E-state index in [2.05, 4.69) is 6.58 Å². The van der Waals surface area contributed by atoms with E-state index in [1.165, 1.54) is 47.7 Å². The monoisotopic (exact) mass is 526 g/mol. The SMILES string of the molecule is C=CC(C)(C)C(SC(=O)c1cc(OC)c(OC)c(OC)c1)c1cc(OC)c2c(c1OC)C(=O)C=CC2=O. The molecule has 9 heteroatoms. The van der Waals surface area contributed by atoms with Crippen LogP contribution in [0.3, 0.4) is 0 Å². The van der Waals surface area contributed by atoms with Crippen LogP contribution in [0.5, 0.6) is 28.7 Å². The maximum Gasteiger partial charge on any atom is 0.220 e. The number of ketones is 2. The molecule has 1 atom stereocenters. The average molecular weight is 527 g/mol. The molecule has 0 aliphatic heterocycles. The summed E-state index contributed by atoms with van der Waals surface area (Å²) in [6.45, 7) is 7.79. The van der Waals surface area contributed by atoms with Gasteiger partial charge in [-0.1, -0.05) is 31.7 Å². The van der Waals surface area contributed by atoms with E-state index in [9.17, 15) is 14.4 Å². The van der Waals surface area contributed by atoms with Gasteiger partial charge in [0.15, 0.2) is 23.1 Å². The molecule has 196 valence electrons. The maximum absolute atomic E-state index is 13.7. The number of hydrogen-bond donors (Lipinski definition) is 0. The van der Waals surface area contributed by atoms with Crippen molar-refractivity contribution in [2.24, 2.45) is 5.41 Å². The zero-order valence-electron chi connectivity index (χ0n) is 21.9. The topological polar surface area (TPSA) is 97.4 Å². The number of thioether (sulfide) groups is 1. The van der Waals surface area contributed by atoms with E-state index in [4.69, 9.17) is 23.7 Å². The van der Waals surface area contributed by atoms with Crippen molar-refractivity contribution >= 4 is 28.4 Å². The van der Waals surface area contributed by atoms with Gasteiger partial charge in [-0.3, -0.25) is 14.4 Å². The summed E-state index contributed by atoms with van der Waals surface area (Å²) in [5.41, 5.74) is 0.417. The van der Waals surface area contributed by atoms with Gasteiger partial charge in [-0.25, -0.2) is 0 Å². The Morgan fingerprint density at radius 1 is 0.811 bits per heavy atom. The second-order valence-electron chi connectivity index (χ2n) is 8.74. The van der Waals surface area contributed by atoms with Crippen LogP contribution in [0.2, 0.25) is 0 Å². The molecule has 8 nitrogen and oxygen atoms in total. The molecule has 1 aliphatic rings. The molecule has 0 radical (unpaired) electrons. The van der Waals surface area contributed by atoms with Crippen molar-refractivity contribution in [3.05, 3.63) is 65.3 Å². The fraction of sp³-hybridized carbons (Fsp3) is 0.321. The largest absolute Gasteiger partial charge is 0.496 e. The highest BCUT2D eigenvalue weighted by Crippen LogP contribution is 2.52. The van der Waals surface area contributed by atoms with Crippen molar-refractivity contribution in [2.75, 3.05) is 35.5 Å². The standard InChI is InChI=1S/C28H30O8S/c1-9-28(2,3)26(37-27(31)15-12-20(33-5)25(36-8)21(13-15)34-6)16-14-19(32-4)22-17(29)10-11-18(30)23(22)24(16)35-7/h9-14,26H,1H2,2-8H3. The lowest BCUT2D eigenvalue weighted by Crippen LogP contribution is -2.22. The van der Waals surface area contributed by atoms with Crippen molar-refractivity contribution in [1.82, 2.24) is 0 Å². The van der Waals surface area contributed by atoms with Crippen molar-refractivity contribution in [3.63, 3.8) is 0 Å². The molecule has 0 saturated carbocycles. The molecule has 0 saturated heterocycles. The molecule has 0 bridgehead atoms. The van der Waals surface area contributed by atoms with E-state index in [0.717, 1.165) is 11.8 Å². The molecule has 2 aromatic carbocycles. The minimum atomic E-state index is -0.662. The molecule has 0 heterocycles. The van der Waals surface area contributed by atoms with Gasteiger partial charge in [0.2, 0.25) is 10.9 Å². The molecule has 1 aliphatic carbocycles. The Labute approximate surface area is 220 Å². The van der Waals surface area contributed by atoms with Crippen molar-refractivity contribution in [3.8, 4) is 28.7 Å². The zero-order chi connectivity index (χ0) is 27.5. The molecular weight excluding hydrogens is 496 g/mol. The number of benzene rings is 2. The number of hydrogen-bond acceptors (Lipinski definition) is 9. The first-order chi connectivity index (χ1) is 17.6. The van der Waals surface area contributed by atoms with Gasteiger partial charge in [0.1, 0.15) is 11.5 Å². The third-order valence-electron chi connectivity index (χ3n) is 6.18. The lowest BCUT2D eigenvalue weighted by Gasteiger charge is -2.33. The maximum atomic E-state index is 13.7. The highest BCUT2D eigenvalue weighted by Gasteiger charge is 2.38.